The molecule has 4 fully saturated rings. The topological polar surface area (TPSA) is 78.4 Å². The molecule has 4 rings (SSSR count). The van der Waals surface area contributed by atoms with E-state index < -0.39 is 6.10 Å². The molecule has 4 aliphatic carbocycles. The van der Waals surface area contributed by atoms with Crippen molar-refractivity contribution < 1.29 is 14.7 Å². The lowest BCUT2D eigenvalue weighted by atomic mass is 9.51. The van der Waals surface area contributed by atoms with Gasteiger partial charge in [-0.25, -0.2) is 0 Å². The summed E-state index contributed by atoms with van der Waals surface area (Å²) in [5, 5.41) is 18.0. The molecule has 2 amide bonds. The molecule has 0 aromatic carbocycles. The van der Waals surface area contributed by atoms with Crippen LogP contribution in [0.4, 0.5) is 0 Å². The zero-order chi connectivity index (χ0) is 21.5. The van der Waals surface area contributed by atoms with E-state index in [9.17, 15) is 14.7 Å². The van der Waals surface area contributed by atoms with Crippen molar-refractivity contribution in [2.75, 3.05) is 0 Å². The first kappa shape index (κ1) is 22.1. The number of carbonyl (C=O) groups excluding carboxylic acids is 2. The van der Waals surface area contributed by atoms with E-state index in [4.69, 9.17) is 0 Å². The minimum Gasteiger partial charge on any atom is -0.392 e. The summed E-state index contributed by atoms with van der Waals surface area (Å²) in [7, 11) is 0. The van der Waals surface area contributed by atoms with Gasteiger partial charge in [0.25, 0.3) is 0 Å². The Morgan fingerprint density at radius 1 is 0.967 bits per heavy atom. The monoisotopic (exact) mass is 418 g/mol. The Morgan fingerprint density at radius 2 is 1.63 bits per heavy atom. The lowest BCUT2D eigenvalue weighted by Crippen LogP contribution is -2.59. The Labute approximate surface area is 182 Å². The number of amides is 2. The van der Waals surface area contributed by atoms with E-state index >= 15 is 0 Å². The number of fused-ring (bicyclic) bond motifs is 1. The van der Waals surface area contributed by atoms with Crippen LogP contribution in [0.15, 0.2) is 0 Å². The van der Waals surface area contributed by atoms with E-state index in [1.54, 1.807) is 0 Å². The largest absolute Gasteiger partial charge is 0.392 e. The zero-order valence-corrected chi connectivity index (χ0v) is 19.2. The van der Waals surface area contributed by atoms with Crippen molar-refractivity contribution >= 4 is 11.8 Å². The van der Waals surface area contributed by atoms with E-state index in [2.05, 4.69) is 24.5 Å². The normalized spacial score (nSPS) is 40.9. The van der Waals surface area contributed by atoms with Crippen LogP contribution < -0.4 is 10.6 Å². The molecule has 0 saturated heterocycles. The molecule has 0 heterocycles. The highest BCUT2D eigenvalue weighted by Crippen LogP contribution is 2.55. The second-order valence-electron chi connectivity index (χ2n) is 11.3. The van der Waals surface area contributed by atoms with Gasteiger partial charge >= 0.3 is 0 Å². The number of carbonyl (C=O) groups is 2. The Bertz CT molecular complexity index is 642. The first-order valence-electron chi connectivity index (χ1n) is 12.6. The summed E-state index contributed by atoms with van der Waals surface area (Å²) in [4.78, 5) is 25.5. The molecule has 30 heavy (non-hydrogen) atoms. The van der Waals surface area contributed by atoms with Gasteiger partial charge in [-0.15, -0.1) is 0 Å². The third kappa shape index (κ3) is 4.42. The lowest BCUT2D eigenvalue weighted by Gasteiger charge is -2.56. The molecule has 0 bridgehead atoms. The fourth-order valence-corrected chi connectivity index (χ4v) is 6.92. The van der Waals surface area contributed by atoms with E-state index in [1.807, 2.05) is 6.92 Å². The number of aliphatic hydroxyl groups excluding tert-OH is 1. The van der Waals surface area contributed by atoms with Crippen LogP contribution in [0.3, 0.4) is 0 Å². The van der Waals surface area contributed by atoms with E-state index in [0.717, 1.165) is 51.4 Å². The predicted octanol–water partition coefficient (Wildman–Crippen LogP) is 3.79. The Kier molecular flexibility index (Phi) is 6.48. The molecular formula is C25H42N2O3. The number of nitrogens with one attached hydrogen (secondary N) is 2. The minimum atomic E-state index is -0.479. The van der Waals surface area contributed by atoms with E-state index in [-0.39, 0.29) is 52.9 Å². The van der Waals surface area contributed by atoms with Crippen molar-refractivity contribution in [1.82, 2.24) is 10.6 Å². The highest BCUT2D eigenvalue weighted by Gasteiger charge is 2.54. The Hall–Kier alpha value is -1.10. The summed E-state index contributed by atoms with van der Waals surface area (Å²) >= 11 is 0. The number of hydrogen-bond acceptors (Lipinski definition) is 3. The van der Waals surface area contributed by atoms with Crippen molar-refractivity contribution in [3.8, 4) is 0 Å². The first-order chi connectivity index (χ1) is 14.3. The van der Waals surface area contributed by atoms with Crippen LogP contribution in [-0.4, -0.2) is 35.1 Å². The zero-order valence-electron chi connectivity index (χ0n) is 19.2. The summed E-state index contributed by atoms with van der Waals surface area (Å²) in [6.45, 7) is 6.53. The summed E-state index contributed by atoms with van der Waals surface area (Å²) < 4.78 is 0. The molecule has 4 aliphatic rings. The second kappa shape index (κ2) is 8.80. The van der Waals surface area contributed by atoms with Crippen LogP contribution in [0.2, 0.25) is 0 Å². The maximum atomic E-state index is 12.9. The van der Waals surface area contributed by atoms with Gasteiger partial charge in [-0.1, -0.05) is 40.0 Å². The third-order valence-electron chi connectivity index (χ3n) is 9.17. The Balaban J connectivity index is 1.42. The Morgan fingerprint density at radius 3 is 2.30 bits per heavy atom. The van der Waals surface area contributed by atoms with Gasteiger partial charge in [0.05, 0.1) is 6.10 Å². The highest BCUT2D eigenvalue weighted by molar-refractivity contribution is 5.79. The average molecular weight is 419 g/mol. The average Bonchev–Trinajstić information content (AvgIpc) is 3.54. The highest BCUT2D eigenvalue weighted by atomic mass is 16.3. The SMILES string of the molecule is C[C@H]1[C@@H]2[C@@H](O)C([C@H](C)C(=O)NC3CC3)CC[C@@]2(C)CC[C@@H]1NC(=O)C1CCCCC1. The lowest BCUT2D eigenvalue weighted by molar-refractivity contribution is -0.144. The van der Waals surface area contributed by atoms with Crippen molar-refractivity contribution in [2.45, 2.75) is 110 Å². The fraction of sp³-hybridized carbons (Fsp3) is 0.920. The van der Waals surface area contributed by atoms with E-state index in [0.29, 0.717) is 6.04 Å². The minimum absolute atomic E-state index is 0.0112. The van der Waals surface area contributed by atoms with Crippen LogP contribution in [0.5, 0.6) is 0 Å². The predicted molar refractivity (Wildman–Crippen MR) is 118 cm³/mol. The van der Waals surface area contributed by atoms with Crippen molar-refractivity contribution in [3.63, 3.8) is 0 Å². The molecule has 5 heteroatoms. The summed E-state index contributed by atoms with van der Waals surface area (Å²) in [5.41, 5.74) is 0.105. The molecule has 0 aliphatic heterocycles. The van der Waals surface area contributed by atoms with Crippen molar-refractivity contribution in [2.24, 2.45) is 35.0 Å². The molecule has 3 N–H and O–H groups in total. The molecule has 5 nitrogen and oxygen atoms in total. The maximum absolute atomic E-state index is 12.9. The van der Waals surface area contributed by atoms with Gasteiger partial charge in [-0.3, -0.25) is 9.59 Å². The molecule has 0 aromatic rings. The summed E-state index contributed by atoms with van der Waals surface area (Å²) in [5.74, 6) is 0.733. The quantitative estimate of drug-likeness (QED) is 0.636. The van der Waals surface area contributed by atoms with Crippen LogP contribution in [0, 0.1) is 35.0 Å². The number of hydrogen-bond donors (Lipinski definition) is 3. The molecule has 4 saturated carbocycles. The van der Waals surface area contributed by atoms with Crippen LogP contribution in [0.25, 0.3) is 0 Å². The van der Waals surface area contributed by atoms with Gasteiger partial charge in [0.2, 0.25) is 11.8 Å². The van der Waals surface area contributed by atoms with Gasteiger partial charge in [0, 0.05) is 23.9 Å². The van der Waals surface area contributed by atoms with Crippen molar-refractivity contribution in [3.05, 3.63) is 0 Å². The van der Waals surface area contributed by atoms with Gasteiger partial charge < -0.3 is 15.7 Å². The van der Waals surface area contributed by atoms with Gasteiger partial charge in [-0.2, -0.15) is 0 Å². The molecule has 0 radical (unpaired) electrons. The van der Waals surface area contributed by atoms with Gasteiger partial charge in [0.15, 0.2) is 0 Å². The molecule has 170 valence electrons. The second-order valence-corrected chi connectivity index (χ2v) is 11.3. The maximum Gasteiger partial charge on any atom is 0.223 e. The van der Waals surface area contributed by atoms with Gasteiger partial charge in [-0.05, 0) is 74.5 Å². The standard InChI is InChI=1S/C25H42N2O3/c1-15(23(29)26-18-9-10-18)19-11-13-25(3)14-12-20(16(2)21(25)22(19)28)27-24(30)17-7-5-4-6-8-17/h15-22,28H,4-14H2,1-3H3,(H,26,29)(H,27,30)/t15-,16+,19?,20-,21+,22-,25-/m0/s1. The summed E-state index contributed by atoms with van der Waals surface area (Å²) in [6.07, 6.45) is 11.4. The number of rotatable bonds is 5. The summed E-state index contributed by atoms with van der Waals surface area (Å²) in [6, 6.07) is 0.500. The number of aliphatic hydroxyl groups is 1. The van der Waals surface area contributed by atoms with Gasteiger partial charge in [0.1, 0.15) is 0 Å². The molecule has 7 atom stereocenters. The molecule has 0 spiro atoms. The fourth-order valence-electron chi connectivity index (χ4n) is 6.92. The first-order valence-corrected chi connectivity index (χ1v) is 12.6. The molecule has 0 aromatic heterocycles. The van der Waals surface area contributed by atoms with E-state index in [1.165, 1.54) is 19.3 Å². The van der Waals surface area contributed by atoms with Crippen molar-refractivity contribution in [1.29, 1.82) is 0 Å². The van der Waals surface area contributed by atoms with Crippen LogP contribution >= 0.6 is 0 Å². The molecular weight excluding hydrogens is 376 g/mol. The smallest absolute Gasteiger partial charge is 0.223 e. The third-order valence-corrected chi connectivity index (χ3v) is 9.17. The molecule has 1 unspecified atom stereocenters. The van der Waals surface area contributed by atoms with Crippen LogP contribution in [-0.2, 0) is 9.59 Å². The van der Waals surface area contributed by atoms with Crippen LogP contribution in [0.1, 0.15) is 91.4 Å².